The first-order chi connectivity index (χ1) is 4.54. The Labute approximate surface area is 59.3 Å². The summed E-state index contributed by atoms with van der Waals surface area (Å²) in [6.07, 6.45) is 0. The van der Waals surface area contributed by atoms with E-state index in [4.69, 9.17) is 0 Å². The van der Waals surface area contributed by atoms with Crippen LogP contribution in [0.3, 0.4) is 0 Å². The molecule has 0 aromatic rings. The first-order valence-electron chi connectivity index (χ1n) is 2.60. The molecule has 0 aromatic carbocycles. The first-order valence-corrected chi connectivity index (χ1v) is 4.83. The first kappa shape index (κ1) is 9.96. The Morgan fingerprint density at radius 2 is 1.60 bits per heavy atom. The number of hydrogen-bond donors (Lipinski definition) is 0. The fourth-order valence-corrected chi connectivity index (χ4v) is 1.02. The highest BCUT2D eigenvalue weighted by atomic mass is 28.4. The van der Waals surface area contributed by atoms with Crippen LogP contribution in [0.15, 0.2) is 0 Å². The molecule has 0 N–H and O–H groups in total. The molecule has 0 heterocycles. The summed E-state index contributed by atoms with van der Waals surface area (Å²) in [5, 5.41) is 0. The van der Waals surface area contributed by atoms with E-state index < -0.39 is 15.4 Å². The molecular weight excluding hydrogens is 162 g/mol. The van der Waals surface area contributed by atoms with Gasteiger partial charge >= 0.3 is 15.4 Å². The van der Waals surface area contributed by atoms with Crippen LogP contribution in [0.1, 0.15) is 0 Å². The highest BCUT2D eigenvalue weighted by Crippen LogP contribution is 2.10. The molecule has 0 aliphatic rings. The Bertz CT molecular complexity index is 96.5. The van der Waals surface area contributed by atoms with Gasteiger partial charge in [-0.1, -0.05) is 0 Å². The quantitative estimate of drug-likeness (QED) is 0.594. The van der Waals surface area contributed by atoms with Gasteiger partial charge in [-0.25, -0.2) is 0 Å². The zero-order valence-corrected chi connectivity index (χ0v) is 7.06. The summed E-state index contributed by atoms with van der Waals surface area (Å²) in [6, 6.07) is 0. The molecule has 0 aliphatic heterocycles. The molecule has 0 amide bonds. The molecule has 0 aliphatic carbocycles. The summed E-state index contributed by atoms with van der Waals surface area (Å²) in [5.74, 6) is 0. The van der Waals surface area contributed by atoms with Crippen molar-refractivity contribution in [2.75, 3.05) is 14.2 Å². The van der Waals surface area contributed by atoms with Crippen molar-refractivity contribution in [1.29, 1.82) is 0 Å². The summed E-state index contributed by atoms with van der Waals surface area (Å²) in [5.41, 5.74) is 0. The van der Waals surface area contributed by atoms with Crippen molar-refractivity contribution in [3.05, 3.63) is 0 Å². The van der Waals surface area contributed by atoms with E-state index in [2.05, 4.69) is 13.3 Å². The number of rotatable bonds is 4. The van der Waals surface area contributed by atoms with Crippen LogP contribution in [0.5, 0.6) is 0 Å². The summed E-state index contributed by atoms with van der Waals surface area (Å²) in [4.78, 5) is 0. The zero-order chi connectivity index (χ0) is 8.20. The summed E-state index contributed by atoms with van der Waals surface area (Å²) >= 11 is 0. The highest BCUT2D eigenvalue weighted by molar-refractivity contribution is 6.59. The maximum absolute atomic E-state index is 11.6. The van der Waals surface area contributed by atoms with Crippen molar-refractivity contribution >= 4 is 8.80 Å². The molecule has 0 atom stereocenters. The van der Waals surface area contributed by atoms with Crippen LogP contribution in [0.25, 0.3) is 0 Å². The van der Waals surface area contributed by atoms with E-state index in [1.54, 1.807) is 0 Å². The van der Waals surface area contributed by atoms with Crippen LogP contribution in [0.4, 0.5) is 8.78 Å². The van der Waals surface area contributed by atoms with E-state index in [9.17, 15) is 8.78 Å². The van der Waals surface area contributed by atoms with Crippen LogP contribution >= 0.6 is 0 Å². The van der Waals surface area contributed by atoms with Gasteiger partial charge < -0.3 is 13.3 Å². The molecule has 0 saturated carbocycles. The largest absolute Gasteiger partial charge is 0.501 e. The second-order valence-corrected chi connectivity index (χ2v) is 4.43. The summed E-state index contributed by atoms with van der Waals surface area (Å²) in [7, 11) is -0.459. The van der Waals surface area contributed by atoms with Gasteiger partial charge in [-0.15, -0.1) is 0 Å². The lowest BCUT2D eigenvalue weighted by atomic mass is 11.5. The normalized spacial score (nSPS) is 12.6. The summed E-state index contributed by atoms with van der Waals surface area (Å²) < 4.78 is 36.4. The third-order valence-electron chi connectivity index (χ3n) is 1.04. The molecule has 0 unspecified atom stereocenters. The van der Waals surface area contributed by atoms with Crippen LogP contribution in [-0.4, -0.2) is 29.6 Å². The Morgan fingerprint density at radius 3 is 1.70 bits per heavy atom. The van der Waals surface area contributed by atoms with Crippen molar-refractivity contribution in [1.82, 2.24) is 0 Å². The molecule has 0 rings (SSSR count). The smallest absolute Gasteiger partial charge is 0.377 e. The molecule has 62 valence electrons. The van der Waals surface area contributed by atoms with Gasteiger partial charge in [0.15, 0.2) is 0 Å². The van der Waals surface area contributed by atoms with Gasteiger partial charge in [-0.3, -0.25) is 0 Å². The van der Waals surface area contributed by atoms with Crippen molar-refractivity contribution < 1.29 is 22.1 Å². The number of hydrogen-bond acceptors (Lipinski definition) is 3. The van der Waals surface area contributed by atoms with E-state index in [1.807, 2.05) is 0 Å². The number of halogens is 2. The number of alkyl halides is 2. The summed E-state index contributed by atoms with van der Waals surface area (Å²) in [6.45, 7) is -1.45. The minimum atomic E-state index is -3.01. The molecule has 0 spiro atoms. The third kappa shape index (κ3) is 3.21. The fourth-order valence-electron chi connectivity index (χ4n) is 0.341. The molecule has 6 heteroatoms. The predicted molar refractivity (Wildman–Crippen MR) is 32.7 cm³/mol. The Balaban J connectivity index is 3.80. The lowest BCUT2D eigenvalue weighted by Gasteiger charge is -2.20. The van der Waals surface area contributed by atoms with Crippen LogP contribution in [0, 0.1) is 0 Å². The van der Waals surface area contributed by atoms with Gasteiger partial charge in [0.05, 0.1) is 0 Å². The molecule has 0 aromatic heterocycles. The van der Waals surface area contributed by atoms with Gasteiger partial charge in [0.25, 0.3) is 0 Å². The molecule has 0 radical (unpaired) electrons. The topological polar surface area (TPSA) is 27.7 Å². The average Bonchev–Trinajstić information content (AvgIpc) is 1.87. The van der Waals surface area contributed by atoms with Crippen molar-refractivity contribution in [3.63, 3.8) is 0 Å². The minimum Gasteiger partial charge on any atom is -0.377 e. The van der Waals surface area contributed by atoms with E-state index in [-0.39, 0.29) is 0 Å². The zero-order valence-electron chi connectivity index (χ0n) is 6.06. The van der Waals surface area contributed by atoms with Crippen LogP contribution in [-0.2, 0) is 13.3 Å². The van der Waals surface area contributed by atoms with Crippen LogP contribution < -0.4 is 0 Å². The SMILES string of the molecule is CO[Si](C)(OC)OC(F)F. The maximum atomic E-state index is 11.6. The van der Waals surface area contributed by atoms with Crippen molar-refractivity contribution in [3.8, 4) is 0 Å². The van der Waals surface area contributed by atoms with Gasteiger partial charge in [0.1, 0.15) is 0 Å². The molecule has 0 saturated heterocycles. The molecule has 0 bridgehead atoms. The fraction of sp³-hybridized carbons (Fsp3) is 1.00. The monoisotopic (exact) mass is 172 g/mol. The van der Waals surface area contributed by atoms with E-state index in [0.717, 1.165) is 0 Å². The van der Waals surface area contributed by atoms with Gasteiger partial charge in [-0.05, 0) is 0 Å². The Morgan fingerprint density at radius 1 is 1.20 bits per heavy atom. The van der Waals surface area contributed by atoms with E-state index in [0.29, 0.717) is 0 Å². The lowest BCUT2D eigenvalue weighted by molar-refractivity contribution is -0.0946. The lowest BCUT2D eigenvalue weighted by Crippen LogP contribution is -2.41. The van der Waals surface area contributed by atoms with Gasteiger partial charge in [0, 0.05) is 20.8 Å². The Kier molecular flexibility index (Phi) is 3.95. The third-order valence-corrected chi connectivity index (χ3v) is 3.13. The molecule has 10 heavy (non-hydrogen) atoms. The molecular formula is C4H10F2O3Si. The molecule has 0 fully saturated rings. The van der Waals surface area contributed by atoms with Crippen molar-refractivity contribution in [2.24, 2.45) is 0 Å². The predicted octanol–water partition coefficient (Wildman–Crippen LogP) is 1.09. The van der Waals surface area contributed by atoms with Gasteiger partial charge in [0.2, 0.25) is 0 Å². The maximum Gasteiger partial charge on any atom is 0.501 e. The minimum absolute atomic E-state index is 1.28. The van der Waals surface area contributed by atoms with E-state index in [1.165, 1.54) is 20.8 Å². The van der Waals surface area contributed by atoms with Crippen LogP contribution in [0.2, 0.25) is 6.55 Å². The highest BCUT2D eigenvalue weighted by Gasteiger charge is 2.35. The molecule has 3 nitrogen and oxygen atoms in total. The van der Waals surface area contributed by atoms with Gasteiger partial charge in [-0.2, -0.15) is 8.78 Å². The standard InChI is InChI=1S/C4H10F2O3Si/c1-7-10(3,8-2)9-4(5)6/h4H,1-3H3. The second-order valence-electron chi connectivity index (χ2n) is 1.65. The second kappa shape index (κ2) is 3.97. The van der Waals surface area contributed by atoms with E-state index >= 15 is 0 Å². The van der Waals surface area contributed by atoms with Crippen molar-refractivity contribution in [2.45, 2.75) is 13.2 Å². The average molecular weight is 172 g/mol. The Hall–Kier alpha value is -0.0431.